The van der Waals surface area contributed by atoms with Gasteiger partial charge < -0.3 is 16.2 Å². The van der Waals surface area contributed by atoms with E-state index in [0.717, 1.165) is 19.3 Å². The van der Waals surface area contributed by atoms with Crippen LogP contribution in [0.1, 0.15) is 59.8 Å². The van der Waals surface area contributed by atoms with Crippen LogP contribution in [-0.2, 0) is 9.59 Å². The Kier molecular flexibility index (Phi) is 10.0. The Labute approximate surface area is 128 Å². The summed E-state index contributed by atoms with van der Waals surface area (Å²) in [6.45, 7) is 8.69. The third kappa shape index (κ3) is 10.3. The van der Waals surface area contributed by atoms with Crippen LogP contribution < -0.4 is 11.1 Å². The van der Waals surface area contributed by atoms with Crippen molar-refractivity contribution in [3.63, 3.8) is 0 Å². The number of carboxylic acid groups (broad SMARTS) is 1. The van der Waals surface area contributed by atoms with Gasteiger partial charge in [-0.1, -0.05) is 40.5 Å². The minimum atomic E-state index is -0.815. The molecule has 3 unspecified atom stereocenters. The number of hydrogen-bond acceptors (Lipinski definition) is 3. The van der Waals surface area contributed by atoms with Crippen LogP contribution in [0.3, 0.4) is 0 Å². The average molecular weight is 300 g/mol. The Bertz CT molecular complexity index is 319. The topological polar surface area (TPSA) is 92.4 Å². The van der Waals surface area contributed by atoms with Gasteiger partial charge in [0.25, 0.3) is 0 Å². The van der Waals surface area contributed by atoms with E-state index in [0.29, 0.717) is 24.8 Å². The molecule has 0 spiro atoms. The van der Waals surface area contributed by atoms with Crippen molar-refractivity contribution in [2.24, 2.45) is 23.5 Å². The smallest absolute Gasteiger partial charge is 0.303 e. The minimum absolute atomic E-state index is 0.0285. The third-order valence-corrected chi connectivity index (χ3v) is 3.61. The molecule has 0 saturated heterocycles. The third-order valence-electron chi connectivity index (χ3n) is 3.61. The molecule has 0 aliphatic carbocycles. The highest BCUT2D eigenvalue weighted by Crippen LogP contribution is 2.19. The van der Waals surface area contributed by atoms with Gasteiger partial charge in [-0.25, -0.2) is 0 Å². The molecular formula is C16H32N2O3. The zero-order chi connectivity index (χ0) is 16.4. The monoisotopic (exact) mass is 300 g/mol. The summed E-state index contributed by atoms with van der Waals surface area (Å²) in [5.74, 6) is -0.184. The van der Waals surface area contributed by atoms with E-state index in [4.69, 9.17) is 10.8 Å². The van der Waals surface area contributed by atoms with Crippen molar-refractivity contribution < 1.29 is 14.7 Å². The molecule has 0 bridgehead atoms. The molecule has 0 saturated carbocycles. The quantitative estimate of drug-likeness (QED) is 0.546. The van der Waals surface area contributed by atoms with Gasteiger partial charge in [-0.3, -0.25) is 9.59 Å². The van der Waals surface area contributed by atoms with Gasteiger partial charge >= 0.3 is 5.97 Å². The van der Waals surface area contributed by atoms with Gasteiger partial charge in [-0.15, -0.1) is 0 Å². The number of aliphatic carboxylic acids is 1. The van der Waals surface area contributed by atoms with Crippen molar-refractivity contribution in [1.82, 2.24) is 5.32 Å². The molecule has 5 heteroatoms. The lowest BCUT2D eigenvalue weighted by Crippen LogP contribution is -2.43. The number of rotatable bonds is 11. The summed E-state index contributed by atoms with van der Waals surface area (Å²) in [4.78, 5) is 22.8. The van der Waals surface area contributed by atoms with E-state index in [2.05, 4.69) is 19.2 Å². The number of nitrogens with two attached hydrogens (primary N) is 1. The lowest BCUT2D eigenvalue weighted by Gasteiger charge is -2.21. The van der Waals surface area contributed by atoms with Gasteiger partial charge in [0.05, 0.1) is 6.04 Å². The highest BCUT2D eigenvalue weighted by Gasteiger charge is 2.20. The molecule has 0 aromatic heterocycles. The van der Waals surface area contributed by atoms with Gasteiger partial charge in [0, 0.05) is 13.0 Å². The van der Waals surface area contributed by atoms with Crippen molar-refractivity contribution in [3.8, 4) is 0 Å². The molecule has 0 aromatic carbocycles. The number of amides is 1. The standard InChI is InChI=1S/C16H32N2O3/c1-5-6-12(4)8-13(9-15(19)20)10-18-16(21)14(17)7-11(2)3/h11-14H,5-10,17H2,1-4H3,(H,18,21)(H,19,20). The minimum Gasteiger partial charge on any atom is -0.481 e. The van der Waals surface area contributed by atoms with Gasteiger partial charge in [0.15, 0.2) is 0 Å². The lowest BCUT2D eigenvalue weighted by atomic mass is 9.90. The first-order valence-electron chi connectivity index (χ1n) is 8.01. The molecule has 3 atom stereocenters. The van der Waals surface area contributed by atoms with Crippen LogP contribution >= 0.6 is 0 Å². The maximum Gasteiger partial charge on any atom is 0.303 e. The Hall–Kier alpha value is -1.10. The number of carbonyl (C=O) groups is 2. The first kappa shape index (κ1) is 19.9. The molecular weight excluding hydrogens is 268 g/mol. The second kappa shape index (κ2) is 10.6. The molecule has 0 fully saturated rings. The first-order valence-corrected chi connectivity index (χ1v) is 8.01. The Balaban J connectivity index is 4.33. The van der Waals surface area contributed by atoms with Crippen LogP contribution in [0.2, 0.25) is 0 Å². The number of hydrogen-bond donors (Lipinski definition) is 3. The predicted molar refractivity (Wildman–Crippen MR) is 84.9 cm³/mol. The summed E-state index contributed by atoms with van der Waals surface area (Å²) in [6, 6.07) is -0.511. The lowest BCUT2D eigenvalue weighted by molar-refractivity contribution is -0.138. The van der Waals surface area contributed by atoms with Crippen LogP contribution in [0.5, 0.6) is 0 Å². The zero-order valence-electron chi connectivity index (χ0n) is 13.9. The van der Waals surface area contributed by atoms with E-state index in [-0.39, 0.29) is 18.2 Å². The maximum absolute atomic E-state index is 11.9. The molecule has 0 aliphatic rings. The summed E-state index contributed by atoms with van der Waals surface area (Å²) < 4.78 is 0. The van der Waals surface area contributed by atoms with Crippen molar-refractivity contribution in [3.05, 3.63) is 0 Å². The van der Waals surface area contributed by atoms with E-state index in [1.807, 2.05) is 13.8 Å². The van der Waals surface area contributed by atoms with E-state index in [9.17, 15) is 9.59 Å². The first-order chi connectivity index (χ1) is 9.76. The molecule has 0 radical (unpaired) electrons. The number of carbonyl (C=O) groups excluding carboxylic acids is 1. The van der Waals surface area contributed by atoms with E-state index in [1.165, 1.54) is 0 Å². The zero-order valence-corrected chi connectivity index (χ0v) is 13.9. The fraction of sp³-hybridized carbons (Fsp3) is 0.875. The van der Waals surface area contributed by atoms with Crippen LogP contribution in [0.4, 0.5) is 0 Å². The Morgan fingerprint density at radius 2 is 1.81 bits per heavy atom. The molecule has 0 aromatic rings. The van der Waals surface area contributed by atoms with Gasteiger partial charge in [0.2, 0.25) is 5.91 Å². The van der Waals surface area contributed by atoms with Crippen molar-refractivity contribution >= 4 is 11.9 Å². The average Bonchev–Trinajstić information content (AvgIpc) is 2.34. The summed E-state index contributed by atoms with van der Waals surface area (Å²) >= 11 is 0. The molecule has 0 heterocycles. The Morgan fingerprint density at radius 3 is 2.29 bits per heavy atom. The summed E-state index contributed by atoms with van der Waals surface area (Å²) in [5, 5.41) is 11.8. The molecule has 4 N–H and O–H groups in total. The van der Waals surface area contributed by atoms with Gasteiger partial charge in [0.1, 0.15) is 0 Å². The van der Waals surface area contributed by atoms with Crippen molar-refractivity contribution in [2.45, 2.75) is 65.8 Å². The van der Waals surface area contributed by atoms with Gasteiger partial charge in [-0.05, 0) is 30.6 Å². The summed E-state index contributed by atoms with van der Waals surface area (Å²) in [6.07, 6.45) is 3.72. The number of nitrogens with one attached hydrogen (secondary N) is 1. The highest BCUT2D eigenvalue weighted by atomic mass is 16.4. The molecule has 124 valence electrons. The van der Waals surface area contributed by atoms with E-state index >= 15 is 0 Å². The predicted octanol–water partition coefficient (Wildman–Crippen LogP) is 2.39. The molecule has 0 aliphatic heterocycles. The summed E-state index contributed by atoms with van der Waals surface area (Å²) in [7, 11) is 0. The molecule has 21 heavy (non-hydrogen) atoms. The maximum atomic E-state index is 11.9. The number of carboxylic acids is 1. The molecule has 1 amide bonds. The van der Waals surface area contributed by atoms with Crippen LogP contribution in [-0.4, -0.2) is 29.6 Å². The molecule has 0 rings (SSSR count). The van der Waals surface area contributed by atoms with Crippen LogP contribution in [0.25, 0.3) is 0 Å². The van der Waals surface area contributed by atoms with E-state index in [1.54, 1.807) is 0 Å². The van der Waals surface area contributed by atoms with Crippen LogP contribution in [0, 0.1) is 17.8 Å². The SMILES string of the molecule is CCCC(C)CC(CNC(=O)C(N)CC(C)C)CC(=O)O. The van der Waals surface area contributed by atoms with Crippen LogP contribution in [0.15, 0.2) is 0 Å². The summed E-state index contributed by atoms with van der Waals surface area (Å²) in [5.41, 5.74) is 5.83. The van der Waals surface area contributed by atoms with Crippen molar-refractivity contribution in [1.29, 1.82) is 0 Å². The largest absolute Gasteiger partial charge is 0.481 e. The second-order valence-corrected chi connectivity index (χ2v) is 6.57. The van der Waals surface area contributed by atoms with Crippen molar-refractivity contribution in [2.75, 3.05) is 6.54 Å². The normalized spacial score (nSPS) is 15.5. The highest BCUT2D eigenvalue weighted by molar-refractivity contribution is 5.81. The fourth-order valence-electron chi connectivity index (χ4n) is 2.66. The molecule has 5 nitrogen and oxygen atoms in total. The van der Waals surface area contributed by atoms with E-state index < -0.39 is 12.0 Å². The Morgan fingerprint density at radius 1 is 1.19 bits per heavy atom. The second-order valence-electron chi connectivity index (χ2n) is 6.57. The van der Waals surface area contributed by atoms with Gasteiger partial charge in [-0.2, -0.15) is 0 Å². The fourth-order valence-corrected chi connectivity index (χ4v) is 2.66.